The Kier molecular flexibility index (Phi) is 5.62. The van der Waals surface area contributed by atoms with Crippen molar-refractivity contribution < 1.29 is 17.9 Å². The Balaban J connectivity index is 1.68. The average molecular weight is 399 g/mol. The molecule has 2 aromatic carbocycles. The largest absolute Gasteiger partial charge is 0.457 e. The van der Waals surface area contributed by atoms with Gasteiger partial charge in [0.05, 0.1) is 21.8 Å². The molecule has 1 aromatic heterocycles. The number of hydrogen-bond acceptors (Lipinski definition) is 5. The number of ether oxygens (including phenoxy) is 1. The van der Waals surface area contributed by atoms with Crippen LogP contribution in [0.5, 0.6) is 0 Å². The fraction of sp³-hybridized carbons (Fsp3) is 0.200. The topological polar surface area (TPSA) is 90.3 Å². The molecule has 0 unspecified atom stereocenters. The van der Waals surface area contributed by atoms with Crippen molar-refractivity contribution in [2.24, 2.45) is 0 Å². The minimum absolute atomic E-state index is 0.0127. The van der Waals surface area contributed by atoms with Crippen LogP contribution in [0.2, 0.25) is 0 Å². The van der Waals surface area contributed by atoms with E-state index >= 15 is 0 Å². The number of benzene rings is 2. The van der Waals surface area contributed by atoms with Crippen LogP contribution in [-0.2, 0) is 21.4 Å². The van der Waals surface area contributed by atoms with Crippen molar-refractivity contribution in [3.05, 3.63) is 77.1 Å². The number of esters is 1. The van der Waals surface area contributed by atoms with E-state index in [1.807, 2.05) is 48.9 Å². The average Bonchev–Trinajstić information content (AvgIpc) is 3.04. The van der Waals surface area contributed by atoms with E-state index in [0.29, 0.717) is 0 Å². The van der Waals surface area contributed by atoms with E-state index in [-0.39, 0.29) is 17.1 Å². The highest BCUT2D eigenvalue weighted by Crippen LogP contribution is 2.15. The van der Waals surface area contributed by atoms with Crippen LogP contribution >= 0.6 is 0 Å². The van der Waals surface area contributed by atoms with Crippen LogP contribution in [0.1, 0.15) is 27.3 Å². The quantitative estimate of drug-likeness (QED) is 0.644. The molecule has 0 amide bonds. The van der Waals surface area contributed by atoms with Crippen molar-refractivity contribution in [3.63, 3.8) is 0 Å². The maximum atomic E-state index is 12.3. The summed E-state index contributed by atoms with van der Waals surface area (Å²) in [5.74, 6) is -0.587. The molecule has 0 aliphatic carbocycles. The van der Waals surface area contributed by atoms with Crippen LogP contribution in [0.15, 0.2) is 59.5 Å². The molecule has 0 aliphatic rings. The molecule has 0 aliphatic heterocycles. The Morgan fingerprint density at radius 1 is 1.11 bits per heavy atom. The fourth-order valence-corrected chi connectivity index (χ4v) is 3.54. The maximum absolute atomic E-state index is 12.3. The molecule has 0 bridgehead atoms. The number of carbonyl (C=O) groups excluding carboxylic acids is 1. The zero-order valence-corrected chi connectivity index (χ0v) is 16.7. The summed E-state index contributed by atoms with van der Waals surface area (Å²) < 4.78 is 33.1. The number of aryl methyl sites for hydroxylation is 2. The van der Waals surface area contributed by atoms with Crippen molar-refractivity contribution in [2.45, 2.75) is 25.3 Å². The molecule has 0 saturated carbocycles. The molecule has 3 aromatic rings. The molecule has 0 saturated heterocycles. The van der Waals surface area contributed by atoms with Crippen LogP contribution in [0.3, 0.4) is 0 Å². The number of nitrogens with one attached hydrogen (secondary N) is 1. The third-order valence-corrected chi connectivity index (χ3v) is 5.62. The van der Waals surface area contributed by atoms with Gasteiger partial charge in [0.1, 0.15) is 6.61 Å². The highest BCUT2D eigenvalue weighted by atomic mass is 32.2. The Morgan fingerprint density at radius 2 is 1.82 bits per heavy atom. The molecule has 146 valence electrons. The lowest BCUT2D eigenvalue weighted by atomic mass is 10.2. The smallest absolute Gasteiger partial charge is 0.338 e. The van der Waals surface area contributed by atoms with Gasteiger partial charge in [-0.3, -0.25) is 0 Å². The number of nitrogens with zero attached hydrogens (tertiary/aromatic N) is 2. The minimum Gasteiger partial charge on any atom is -0.457 e. The first-order chi connectivity index (χ1) is 13.3. The Bertz CT molecular complexity index is 1100. The van der Waals surface area contributed by atoms with E-state index in [9.17, 15) is 13.2 Å². The molecule has 0 fully saturated rings. The van der Waals surface area contributed by atoms with Crippen LogP contribution in [0, 0.1) is 13.8 Å². The third kappa shape index (κ3) is 4.29. The summed E-state index contributed by atoms with van der Waals surface area (Å²) in [6.07, 6.45) is 0. The Labute approximate surface area is 164 Å². The number of carbonyl (C=O) groups is 1. The second-order valence-corrected chi connectivity index (χ2v) is 8.20. The van der Waals surface area contributed by atoms with Gasteiger partial charge in [0.2, 0.25) is 10.0 Å². The van der Waals surface area contributed by atoms with Gasteiger partial charge in [0, 0.05) is 5.69 Å². The number of rotatable bonds is 6. The lowest BCUT2D eigenvalue weighted by Gasteiger charge is -2.08. The second-order valence-electron chi connectivity index (χ2n) is 6.32. The summed E-state index contributed by atoms with van der Waals surface area (Å²) >= 11 is 0. The van der Waals surface area contributed by atoms with Gasteiger partial charge in [0.15, 0.2) is 0 Å². The lowest BCUT2D eigenvalue weighted by Crippen LogP contribution is -2.19. The summed E-state index contributed by atoms with van der Waals surface area (Å²) in [5, 5.41) is 4.44. The molecule has 0 spiro atoms. The maximum Gasteiger partial charge on any atom is 0.338 e. The highest BCUT2D eigenvalue weighted by molar-refractivity contribution is 7.89. The number of hydrogen-bond donors (Lipinski definition) is 1. The van der Waals surface area contributed by atoms with Gasteiger partial charge in [-0.25, -0.2) is 22.6 Å². The predicted octanol–water partition coefficient (Wildman–Crippen LogP) is 2.75. The van der Waals surface area contributed by atoms with Gasteiger partial charge in [-0.15, -0.1) is 0 Å². The van der Waals surface area contributed by atoms with Crippen molar-refractivity contribution in [2.75, 3.05) is 7.05 Å². The molecule has 0 radical (unpaired) electrons. The van der Waals surface area contributed by atoms with E-state index in [2.05, 4.69) is 9.82 Å². The number of aromatic nitrogens is 2. The van der Waals surface area contributed by atoms with Crippen LogP contribution in [0.25, 0.3) is 5.69 Å². The third-order valence-electron chi connectivity index (χ3n) is 4.21. The monoisotopic (exact) mass is 399 g/mol. The first-order valence-corrected chi connectivity index (χ1v) is 10.1. The molecule has 3 rings (SSSR count). The van der Waals surface area contributed by atoms with E-state index < -0.39 is 16.0 Å². The van der Waals surface area contributed by atoms with Gasteiger partial charge in [-0.2, -0.15) is 5.10 Å². The number of sulfonamides is 1. The van der Waals surface area contributed by atoms with Gasteiger partial charge < -0.3 is 4.74 Å². The summed E-state index contributed by atoms with van der Waals surface area (Å²) in [5.41, 5.74) is 3.89. The SMILES string of the molecule is CNS(=O)(=O)c1cccc(C(=O)OCc2ccc(-n3nc(C)cc3C)cc2)c1. The standard InChI is InChI=1S/C20H21N3O4S/c1-14-11-15(2)23(22-14)18-9-7-16(8-10-18)13-27-20(24)17-5-4-6-19(12-17)28(25,26)21-3/h4-12,21H,13H2,1-3H3. The zero-order chi connectivity index (χ0) is 20.3. The van der Waals surface area contributed by atoms with Crippen molar-refractivity contribution in [1.29, 1.82) is 0 Å². The lowest BCUT2D eigenvalue weighted by molar-refractivity contribution is 0.0472. The summed E-state index contributed by atoms with van der Waals surface area (Å²) in [7, 11) is -2.30. The zero-order valence-electron chi connectivity index (χ0n) is 15.8. The normalized spacial score (nSPS) is 11.4. The molecule has 1 N–H and O–H groups in total. The van der Waals surface area contributed by atoms with E-state index in [1.54, 1.807) is 0 Å². The molecule has 28 heavy (non-hydrogen) atoms. The summed E-state index contributed by atoms with van der Waals surface area (Å²) in [6.45, 7) is 4.01. The van der Waals surface area contributed by atoms with Crippen molar-refractivity contribution in [1.82, 2.24) is 14.5 Å². The summed E-state index contributed by atoms with van der Waals surface area (Å²) in [6, 6.07) is 15.3. The minimum atomic E-state index is -3.62. The fourth-order valence-electron chi connectivity index (χ4n) is 2.76. The van der Waals surface area contributed by atoms with Crippen molar-refractivity contribution >= 4 is 16.0 Å². The van der Waals surface area contributed by atoms with Gasteiger partial charge in [-0.1, -0.05) is 18.2 Å². The molecule has 8 heteroatoms. The second kappa shape index (κ2) is 7.95. The van der Waals surface area contributed by atoms with Gasteiger partial charge in [-0.05, 0) is 62.9 Å². The Hall–Kier alpha value is -2.97. The molecular formula is C20H21N3O4S. The predicted molar refractivity (Wildman–Crippen MR) is 105 cm³/mol. The molecular weight excluding hydrogens is 378 g/mol. The van der Waals surface area contributed by atoms with Crippen LogP contribution < -0.4 is 4.72 Å². The first kappa shape index (κ1) is 19.8. The molecule has 7 nitrogen and oxygen atoms in total. The van der Waals surface area contributed by atoms with E-state index in [4.69, 9.17) is 4.74 Å². The van der Waals surface area contributed by atoms with E-state index in [0.717, 1.165) is 22.6 Å². The molecule has 0 atom stereocenters. The first-order valence-electron chi connectivity index (χ1n) is 8.63. The van der Waals surface area contributed by atoms with Crippen LogP contribution in [0.4, 0.5) is 0 Å². The highest BCUT2D eigenvalue weighted by Gasteiger charge is 2.15. The van der Waals surface area contributed by atoms with Gasteiger partial charge in [0.25, 0.3) is 0 Å². The van der Waals surface area contributed by atoms with Crippen molar-refractivity contribution in [3.8, 4) is 5.69 Å². The van der Waals surface area contributed by atoms with E-state index in [1.165, 1.54) is 31.3 Å². The molecule has 1 heterocycles. The Morgan fingerprint density at radius 3 is 2.43 bits per heavy atom. The van der Waals surface area contributed by atoms with Gasteiger partial charge >= 0.3 is 5.97 Å². The summed E-state index contributed by atoms with van der Waals surface area (Å²) in [4.78, 5) is 12.3. The van der Waals surface area contributed by atoms with Crippen LogP contribution in [-0.4, -0.2) is 31.2 Å².